The average Bonchev–Trinajstić information content (AvgIpc) is 2.17. The molecule has 1 amide bonds. The maximum atomic E-state index is 11.4. The largest absolute Gasteiger partial charge is 0.271 e. The van der Waals surface area contributed by atoms with E-state index in [1.54, 1.807) is 24.3 Å². The first-order valence-corrected chi connectivity index (χ1v) is 5.92. The third kappa shape index (κ3) is 5.30. The highest BCUT2D eigenvalue weighted by atomic mass is 79.9. The van der Waals surface area contributed by atoms with E-state index in [-0.39, 0.29) is 5.91 Å². The number of hydrazone groups is 1. The summed E-state index contributed by atoms with van der Waals surface area (Å²) in [7, 11) is 0. The van der Waals surface area contributed by atoms with Crippen LogP contribution in [0.1, 0.15) is 10.4 Å². The van der Waals surface area contributed by atoms with Crippen molar-refractivity contribution in [3.05, 3.63) is 35.9 Å². The molecular weight excluding hydrogens is 347 g/mol. The van der Waals surface area contributed by atoms with Gasteiger partial charge in [-0.15, -0.1) is 0 Å². The van der Waals surface area contributed by atoms with Crippen molar-refractivity contribution < 1.29 is 4.79 Å². The fourth-order valence-electron chi connectivity index (χ4n) is 0.818. The zero-order valence-electron chi connectivity index (χ0n) is 7.45. The lowest BCUT2D eigenvalue weighted by molar-refractivity contribution is 0.0955. The third-order valence-corrected chi connectivity index (χ3v) is 1.92. The number of alkyl halides is 3. The molecule has 0 aliphatic carbocycles. The smallest absolute Gasteiger partial charge is 0.267 e. The molecule has 0 radical (unpaired) electrons. The second-order valence-corrected chi connectivity index (χ2v) is 7.68. The fraction of sp³-hybridized carbons (Fsp3) is 0.111. The number of carbonyl (C=O) groups is 1. The van der Waals surface area contributed by atoms with E-state index in [0.29, 0.717) is 5.56 Å². The van der Waals surface area contributed by atoms with Gasteiger partial charge in [-0.3, -0.25) is 4.79 Å². The van der Waals surface area contributed by atoms with Gasteiger partial charge in [-0.2, -0.15) is 5.10 Å². The van der Waals surface area contributed by atoms with E-state index in [0.717, 1.165) is 0 Å². The van der Waals surface area contributed by atoms with Crippen molar-refractivity contribution >= 4 is 55.6 Å². The monoisotopic (exact) mass is 352 g/mol. The van der Waals surface area contributed by atoms with Gasteiger partial charge in [-0.25, -0.2) is 5.43 Å². The molecule has 0 fully saturated rings. The molecule has 0 unspecified atom stereocenters. The lowest BCUT2D eigenvalue weighted by atomic mass is 10.2. The Kier molecular flexibility index (Phi) is 4.76. The molecule has 15 heavy (non-hydrogen) atoms. The minimum absolute atomic E-state index is 0.284. The van der Waals surface area contributed by atoms with Gasteiger partial charge in [0.1, 0.15) is 0 Å². The number of amides is 1. The van der Waals surface area contributed by atoms with Crippen LogP contribution < -0.4 is 5.43 Å². The predicted octanol–water partition coefficient (Wildman–Crippen LogP) is 3.08. The van der Waals surface area contributed by atoms with Gasteiger partial charge in [-0.05, 0) is 44.0 Å². The van der Waals surface area contributed by atoms with Gasteiger partial charge in [-0.1, -0.05) is 29.8 Å². The highest BCUT2D eigenvalue weighted by molar-refractivity contribution is 9.26. The highest BCUT2D eigenvalue weighted by Crippen LogP contribution is 2.28. The number of halogens is 3. The number of hydrogen-bond acceptors (Lipinski definition) is 2. The summed E-state index contributed by atoms with van der Waals surface area (Å²) >= 11 is 11.8. The summed E-state index contributed by atoms with van der Waals surface area (Å²) in [4.78, 5) is 11.4. The normalized spacial score (nSPS) is 11.7. The van der Waals surface area contributed by atoms with Crippen molar-refractivity contribution in [2.75, 3.05) is 0 Å². The molecule has 80 valence electrons. The minimum atomic E-state index is -0.927. The van der Waals surface area contributed by atoms with Gasteiger partial charge < -0.3 is 0 Å². The number of hydrogen-bond donors (Lipinski definition) is 1. The number of rotatable bonds is 3. The summed E-state index contributed by atoms with van der Waals surface area (Å²) in [5, 5.41) is 3.67. The van der Waals surface area contributed by atoms with E-state index in [1.165, 1.54) is 6.21 Å². The van der Waals surface area contributed by atoms with Crippen LogP contribution in [0.15, 0.2) is 35.4 Å². The van der Waals surface area contributed by atoms with Gasteiger partial charge in [0, 0.05) is 5.56 Å². The molecule has 0 spiro atoms. The first kappa shape index (κ1) is 12.7. The topological polar surface area (TPSA) is 41.5 Å². The fourth-order valence-corrected chi connectivity index (χ4v) is 1.07. The van der Waals surface area contributed by atoms with Crippen LogP contribution in [0.3, 0.4) is 0 Å². The van der Waals surface area contributed by atoms with Crippen LogP contribution in [-0.2, 0) is 0 Å². The summed E-state index contributed by atoms with van der Waals surface area (Å²) < 4.78 is -0.927. The second-order valence-electron chi connectivity index (χ2n) is 2.61. The van der Waals surface area contributed by atoms with Crippen LogP contribution in [0.5, 0.6) is 0 Å². The molecule has 0 aliphatic rings. The Balaban J connectivity index is 2.55. The molecule has 0 saturated heterocycles. The molecule has 0 atom stereocenters. The molecule has 1 rings (SSSR count). The lowest BCUT2D eigenvalue weighted by Crippen LogP contribution is -2.19. The van der Waals surface area contributed by atoms with Gasteiger partial charge in [0.2, 0.25) is 0 Å². The van der Waals surface area contributed by atoms with Gasteiger partial charge in [0.05, 0.1) is 6.21 Å². The summed E-state index contributed by atoms with van der Waals surface area (Å²) in [5.41, 5.74) is 2.88. The Hall–Kier alpha value is -0.390. The van der Waals surface area contributed by atoms with E-state index in [9.17, 15) is 4.79 Å². The Morgan fingerprint density at radius 3 is 2.53 bits per heavy atom. The molecular formula is C9H7Br2ClN2O. The van der Waals surface area contributed by atoms with E-state index in [1.807, 2.05) is 6.07 Å². The van der Waals surface area contributed by atoms with Crippen molar-refractivity contribution in [2.24, 2.45) is 5.10 Å². The minimum Gasteiger partial charge on any atom is -0.267 e. The Morgan fingerprint density at radius 1 is 1.40 bits per heavy atom. The van der Waals surface area contributed by atoms with E-state index in [2.05, 4.69) is 42.4 Å². The Morgan fingerprint density at radius 2 is 2.00 bits per heavy atom. The summed E-state index contributed by atoms with van der Waals surface area (Å²) in [6.45, 7) is 0. The predicted molar refractivity (Wildman–Crippen MR) is 68.8 cm³/mol. The molecule has 1 aromatic rings. The lowest BCUT2D eigenvalue weighted by Gasteiger charge is -2.03. The molecule has 6 heteroatoms. The van der Waals surface area contributed by atoms with Crippen molar-refractivity contribution in [2.45, 2.75) is 2.69 Å². The van der Waals surface area contributed by atoms with Crippen molar-refractivity contribution in [3.63, 3.8) is 0 Å². The van der Waals surface area contributed by atoms with Crippen LogP contribution >= 0.6 is 43.5 Å². The third-order valence-electron chi connectivity index (χ3n) is 1.41. The van der Waals surface area contributed by atoms with Gasteiger partial charge in [0.25, 0.3) is 5.91 Å². The van der Waals surface area contributed by atoms with E-state index < -0.39 is 2.69 Å². The van der Waals surface area contributed by atoms with E-state index in [4.69, 9.17) is 11.6 Å². The molecule has 0 aliphatic heterocycles. The molecule has 0 aromatic heterocycles. The van der Waals surface area contributed by atoms with Crippen molar-refractivity contribution in [3.8, 4) is 0 Å². The number of benzene rings is 1. The van der Waals surface area contributed by atoms with Crippen LogP contribution in [-0.4, -0.2) is 14.8 Å². The van der Waals surface area contributed by atoms with Crippen molar-refractivity contribution in [1.82, 2.24) is 5.43 Å². The highest BCUT2D eigenvalue weighted by Gasteiger charge is 2.14. The first-order valence-electron chi connectivity index (χ1n) is 3.95. The summed E-state index contributed by atoms with van der Waals surface area (Å²) in [5.74, 6) is -0.284. The molecule has 1 N–H and O–H groups in total. The molecule has 0 heterocycles. The maximum absolute atomic E-state index is 11.4. The summed E-state index contributed by atoms with van der Waals surface area (Å²) in [6, 6.07) is 8.78. The SMILES string of the molecule is O=C(NN=CC(Cl)(Br)Br)c1ccccc1. The number of carbonyl (C=O) groups excluding carboxylic acids is 1. The number of nitrogens with one attached hydrogen (secondary N) is 1. The van der Waals surface area contributed by atoms with E-state index >= 15 is 0 Å². The van der Waals surface area contributed by atoms with Crippen LogP contribution in [0.4, 0.5) is 0 Å². The second kappa shape index (κ2) is 5.63. The van der Waals surface area contributed by atoms with Crippen LogP contribution in [0.25, 0.3) is 0 Å². The molecule has 1 aromatic carbocycles. The van der Waals surface area contributed by atoms with Crippen LogP contribution in [0, 0.1) is 0 Å². The zero-order valence-corrected chi connectivity index (χ0v) is 11.4. The van der Waals surface area contributed by atoms with Crippen molar-refractivity contribution in [1.29, 1.82) is 0 Å². The Labute approximate surface area is 109 Å². The van der Waals surface area contributed by atoms with Gasteiger partial charge >= 0.3 is 0 Å². The average molecular weight is 354 g/mol. The standard InChI is InChI=1S/C9H7Br2ClN2O/c10-9(11,12)6-13-14-8(15)7-4-2-1-3-5-7/h1-6H,(H,14,15). The Bertz CT molecular complexity index is 362. The first-order chi connectivity index (χ1) is 6.99. The maximum Gasteiger partial charge on any atom is 0.271 e. The molecule has 3 nitrogen and oxygen atoms in total. The van der Waals surface area contributed by atoms with Gasteiger partial charge in [0.15, 0.2) is 2.69 Å². The summed E-state index contributed by atoms with van der Waals surface area (Å²) in [6.07, 6.45) is 1.31. The molecule has 0 saturated carbocycles. The van der Waals surface area contributed by atoms with Crippen LogP contribution in [0.2, 0.25) is 0 Å². The molecule has 0 bridgehead atoms. The zero-order chi connectivity index (χ0) is 11.3. The quantitative estimate of drug-likeness (QED) is 0.506. The number of nitrogens with zero attached hydrogens (tertiary/aromatic N) is 1.